The number of nitro benzene ring substituents is 1. The Balaban J connectivity index is 1.93. The number of nitriles is 1. The minimum Gasteiger partial charge on any atom is -0.350 e. The second-order valence-electron chi connectivity index (χ2n) is 6.84. The summed E-state index contributed by atoms with van der Waals surface area (Å²) in [5, 5.41) is 23.4. The Morgan fingerprint density at radius 2 is 1.93 bits per heavy atom. The Bertz CT molecular complexity index is 1040. The molecule has 1 aliphatic heterocycles. The maximum Gasteiger partial charge on any atom is 0.294 e. The van der Waals surface area contributed by atoms with E-state index < -0.39 is 14.9 Å². The third-order valence-electron chi connectivity index (χ3n) is 4.82. The predicted molar refractivity (Wildman–Crippen MR) is 105 cm³/mol. The SMILES string of the molecule is CC1CCN(S(=O)(=O)c2ccc(Nc3cccc(C#N)c3)c([N+](=O)[O-])c2)CC1. The van der Waals surface area contributed by atoms with E-state index in [4.69, 9.17) is 5.26 Å². The van der Waals surface area contributed by atoms with Crippen molar-refractivity contribution in [3.05, 3.63) is 58.1 Å². The van der Waals surface area contributed by atoms with E-state index in [0.717, 1.165) is 18.9 Å². The molecular weight excluding hydrogens is 380 g/mol. The van der Waals surface area contributed by atoms with Crippen LogP contribution in [0.4, 0.5) is 17.1 Å². The summed E-state index contributed by atoms with van der Waals surface area (Å²) in [5.74, 6) is 0.469. The first-order chi connectivity index (χ1) is 13.3. The van der Waals surface area contributed by atoms with Crippen molar-refractivity contribution in [2.75, 3.05) is 18.4 Å². The van der Waals surface area contributed by atoms with Crippen LogP contribution >= 0.6 is 0 Å². The van der Waals surface area contributed by atoms with Crippen LogP contribution in [-0.4, -0.2) is 30.7 Å². The maximum absolute atomic E-state index is 12.9. The molecule has 2 aromatic rings. The van der Waals surface area contributed by atoms with Crippen LogP contribution in [0, 0.1) is 27.4 Å². The first-order valence-electron chi connectivity index (χ1n) is 8.87. The fraction of sp³-hybridized carbons (Fsp3) is 0.316. The van der Waals surface area contributed by atoms with Gasteiger partial charge in [0, 0.05) is 24.8 Å². The number of benzene rings is 2. The number of nitro groups is 1. The zero-order valence-corrected chi connectivity index (χ0v) is 16.1. The molecule has 2 aromatic carbocycles. The summed E-state index contributed by atoms with van der Waals surface area (Å²) in [4.78, 5) is 10.8. The first-order valence-corrected chi connectivity index (χ1v) is 10.3. The van der Waals surface area contributed by atoms with E-state index in [2.05, 4.69) is 12.2 Å². The standard InChI is InChI=1S/C19H20N4O4S/c1-14-7-9-22(10-8-14)28(26,27)17-5-6-18(19(12-17)23(24)25)21-16-4-2-3-15(11-16)13-20/h2-6,11-12,14,21H,7-10H2,1H3. The fourth-order valence-electron chi connectivity index (χ4n) is 3.12. The van der Waals surface area contributed by atoms with E-state index >= 15 is 0 Å². The van der Waals surface area contributed by atoms with Crippen molar-refractivity contribution in [3.63, 3.8) is 0 Å². The molecule has 28 heavy (non-hydrogen) atoms. The van der Waals surface area contributed by atoms with Crippen LogP contribution < -0.4 is 5.32 Å². The van der Waals surface area contributed by atoms with Gasteiger partial charge in [-0.2, -0.15) is 9.57 Å². The topological polar surface area (TPSA) is 116 Å². The lowest BCUT2D eigenvalue weighted by Gasteiger charge is -2.29. The lowest BCUT2D eigenvalue weighted by Crippen LogP contribution is -2.37. The monoisotopic (exact) mass is 400 g/mol. The number of rotatable bonds is 5. The van der Waals surface area contributed by atoms with Gasteiger partial charge in [0.25, 0.3) is 5.69 Å². The van der Waals surface area contributed by atoms with E-state index in [1.807, 2.05) is 6.07 Å². The molecule has 0 unspecified atom stereocenters. The molecule has 1 aliphatic rings. The van der Waals surface area contributed by atoms with E-state index in [-0.39, 0.29) is 16.3 Å². The van der Waals surface area contributed by atoms with Crippen molar-refractivity contribution >= 4 is 27.1 Å². The highest BCUT2D eigenvalue weighted by molar-refractivity contribution is 7.89. The lowest BCUT2D eigenvalue weighted by molar-refractivity contribution is -0.384. The van der Waals surface area contributed by atoms with Crippen molar-refractivity contribution in [1.82, 2.24) is 4.31 Å². The molecule has 9 heteroatoms. The average molecular weight is 400 g/mol. The van der Waals surface area contributed by atoms with Gasteiger partial charge in [0.15, 0.2) is 0 Å². The third kappa shape index (κ3) is 4.13. The van der Waals surface area contributed by atoms with E-state index in [1.54, 1.807) is 24.3 Å². The molecule has 1 fully saturated rings. The van der Waals surface area contributed by atoms with Gasteiger partial charge in [0.2, 0.25) is 10.0 Å². The van der Waals surface area contributed by atoms with E-state index in [9.17, 15) is 18.5 Å². The molecule has 3 rings (SSSR count). The Morgan fingerprint density at radius 3 is 2.57 bits per heavy atom. The number of anilines is 2. The molecule has 0 aromatic heterocycles. The van der Waals surface area contributed by atoms with Gasteiger partial charge in [-0.25, -0.2) is 8.42 Å². The third-order valence-corrected chi connectivity index (χ3v) is 6.71. The molecular formula is C19H20N4O4S. The van der Waals surface area contributed by atoms with Crippen LogP contribution in [0.15, 0.2) is 47.4 Å². The number of hydrogen-bond acceptors (Lipinski definition) is 6. The Kier molecular flexibility index (Phi) is 5.63. The summed E-state index contributed by atoms with van der Waals surface area (Å²) in [6.45, 7) is 2.91. The molecule has 1 N–H and O–H groups in total. The van der Waals surface area contributed by atoms with Crippen molar-refractivity contribution in [1.29, 1.82) is 5.26 Å². The summed E-state index contributed by atoms with van der Waals surface area (Å²) >= 11 is 0. The number of piperidine rings is 1. The average Bonchev–Trinajstić information content (AvgIpc) is 2.68. The van der Waals surface area contributed by atoms with Crippen molar-refractivity contribution in [3.8, 4) is 6.07 Å². The first kappa shape index (κ1) is 19.8. The Morgan fingerprint density at radius 1 is 1.21 bits per heavy atom. The Labute approximate surface area is 163 Å². The second kappa shape index (κ2) is 7.96. The van der Waals surface area contributed by atoms with Crippen molar-refractivity contribution in [2.24, 2.45) is 5.92 Å². The van der Waals surface area contributed by atoms with Gasteiger partial charge in [-0.1, -0.05) is 13.0 Å². The highest BCUT2D eigenvalue weighted by Crippen LogP contribution is 2.32. The molecule has 0 bridgehead atoms. The van der Waals surface area contributed by atoms with Crippen LogP contribution in [0.3, 0.4) is 0 Å². The molecule has 0 aliphatic carbocycles. The van der Waals surface area contributed by atoms with Crippen molar-refractivity contribution < 1.29 is 13.3 Å². The van der Waals surface area contributed by atoms with E-state index in [0.29, 0.717) is 30.3 Å². The minimum atomic E-state index is -3.78. The maximum atomic E-state index is 12.9. The lowest BCUT2D eigenvalue weighted by atomic mass is 10.0. The molecule has 8 nitrogen and oxygen atoms in total. The normalized spacial score (nSPS) is 15.7. The van der Waals surface area contributed by atoms with Crippen LogP contribution in [0.2, 0.25) is 0 Å². The van der Waals surface area contributed by atoms with Crippen LogP contribution in [0.1, 0.15) is 25.3 Å². The number of hydrogen-bond donors (Lipinski definition) is 1. The molecule has 1 heterocycles. The molecule has 146 valence electrons. The zero-order valence-electron chi connectivity index (χ0n) is 15.3. The Hall–Kier alpha value is -2.96. The van der Waals surface area contributed by atoms with Gasteiger partial charge in [-0.3, -0.25) is 10.1 Å². The molecule has 0 amide bonds. The molecule has 1 saturated heterocycles. The zero-order chi connectivity index (χ0) is 20.3. The van der Waals surface area contributed by atoms with Gasteiger partial charge < -0.3 is 5.32 Å². The molecule has 0 radical (unpaired) electrons. The van der Waals surface area contributed by atoms with E-state index in [1.165, 1.54) is 16.4 Å². The molecule has 0 spiro atoms. The summed E-state index contributed by atoms with van der Waals surface area (Å²) < 4.78 is 27.1. The minimum absolute atomic E-state index is 0.0925. The molecule has 0 saturated carbocycles. The number of sulfonamides is 1. The van der Waals surface area contributed by atoms with Gasteiger partial charge in [-0.05, 0) is 49.1 Å². The second-order valence-corrected chi connectivity index (χ2v) is 8.78. The quantitative estimate of drug-likeness (QED) is 0.605. The predicted octanol–water partition coefficient (Wildman–Crippen LogP) is 3.63. The summed E-state index contributed by atoms with van der Waals surface area (Å²) in [6, 6.07) is 12.3. The van der Waals surface area contributed by atoms with Gasteiger partial charge >= 0.3 is 0 Å². The van der Waals surface area contributed by atoms with Crippen LogP contribution in [0.5, 0.6) is 0 Å². The molecule has 0 atom stereocenters. The smallest absolute Gasteiger partial charge is 0.294 e. The fourth-order valence-corrected chi connectivity index (χ4v) is 4.62. The summed E-state index contributed by atoms with van der Waals surface area (Å²) in [7, 11) is -3.78. The summed E-state index contributed by atoms with van der Waals surface area (Å²) in [5.41, 5.74) is 0.731. The van der Waals surface area contributed by atoms with Crippen LogP contribution in [0.25, 0.3) is 0 Å². The van der Waals surface area contributed by atoms with Gasteiger partial charge in [0.1, 0.15) is 5.69 Å². The summed E-state index contributed by atoms with van der Waals surface area (Å²) in [6.07, 6.45) is 1.55. The number of nitrogens with zero attached hydrogens (tertiary/aromatic N) is 3. The van der Waals surface area contributed by atoms with Crippen LogP contribution in [-0.2, 0) is 10.0 Å². The van der Waals surface area contributed by atoms with Gasteiger partial charge in [-0.15, -0.1) is 0 Å². The highest BCUT2D eigenvalue weighted by atomic mass is 32.2. The van der Waals surface area contributed by atoms with Crippen molar-refractivity contribution in [2.45, 2.75) is 24.7 Å². The highest BCUT2D eigenvalue weighted by Gasteiger charge is 2.30. The largest absolute Gasteiger partial charge is 0.350 e. The van der Waals surface area contributed by atoms with Gasteiger partial charge in [0.05, 0.1) is 21.5 Å². The number of nitrogens with one attached hydrogen (secondary N) is 1.